The monoisotopic (exact) mass is 373 g/mol. The Morgan fingerprint density at radius 3 is 2.81 bits per heavy atom. The van der Waals surface area contributed by atoms with Crippen molar-refractivity contribution < 1.29 is 14.3 Å². The Balaban J connectivity index is 1.95. The first-order chi connectivity index (χ1) is 12.4. The third kappa shape index (κ3) is 4.77. The van der Waals surface area contributed by atoms with Crippen LogP contribution in [0.5, 0.6) is 0 Å². The van der Waals surface area contributed by atoms with Gasteiger partial charge < -0.3 is 15.8 Å². The van der Waals surface area contributed by atoms with E-state index in [-0.39, 0.29) is 23.2 Å². The second-order valence-corrected chi connectivity index (χ2v) is 6.57. The molecule has 0 aliphatic carbocycles. The molecular formula is C17H19N5O3S. The average Bonchev–Trinajstić information content (AvgIpc) is 3.00. The van der Waals surface area contributed by atoms with Crippen molar-refractivity contribution in [1.29, 1.82) is 5.26 Å². The van der Waals surface area contributed by atoms with Crippen LogP contribution in [0.1, 0.15) is 30.2 Å². The summed E-state index contributed by atoms with van der Waals surface area (Å²) in [6, 6.07) is 9.12. The van der Waals surface area contributed by atoms with Gasteiger partial charge >= 0.3 is 5.97 Å². The number of nitriles is 1. The molecule has 3 N–H and O–H groups in total. The Morgan fingerprint density at radius 2 is 2.15 bits per heavy atom. The summed E-state index contributed by atoms with van der Waals surface area (Å²) in [7, 11) is 0. The number of nitrogen functional groups attached to an aromatic ring is 1. The van der Waals surface area contributed by atoms with Crippen LogP contribution in [0, 0.1) is 11.3 Å². The standard InChI is InChI=1S/C17H19N5O3S/c1-11(2)22-16(19)12(9-20-22)17(24)25-10-15(23)21-13-5-3-4-6-14(13)26-8-7-18/h3-6,9,11H,8,10,19H2,1-2H3,(H,21,23). The van der Waals surface area contributed by atoms with Crippen LogP contribution in [0.15, 0.2) is 35.4 Å². The summed E-state index contributed by atoms with van der Waals surface area (Å²) in [5.41, 5.74) is 6.55. The summed E-state index contributed by atoms with van der Waals surface area (Å²) in [5, 5.41) is 15.4. The predicted octanol–water partition coefficient (Wildman–Crippen LogP) is 2.46. The second kappa shape index (κ2) is 8.92. The molecule has 26 heavy (non-hydrogen) atoms. The lowest BCUT2D eigenvalue weighted by Gasteiger charge is -2.10. The minimum Gasteiger partial charge on any atom is -0.452 e. The molecule has 8 nitrogen and oxygen atoms in total. The van der Waals surface area contributed by atoms with E-state index in [0.717, 1.165) is 4.90 Å². The average molecular weight is 373 g/mol. The number of nitrogens with zero attached hydrogens (tertiary/aromatic N) is 3. The number of carbonyl (C=O) groups is 2. The van der Waals surface area contributed by atoms with E-state index in [9.17, 15) is 9.59 Å². The lowest BCUT2D eigenvalue weighted by Crippen LogP contribution is -2.21. The third-order valence-electron chi connectivity index (χ3n) is 3.33. The molecule has 0 saturated heterocycles. The fourth-order valence-corrected chi connectivity index (χ4v) is 2.81. The molecule has 1 aromatic heterocycles. The van der Waals surface area contributed by atoms with E-state index >= 15 is 0 Å². The van der Waals surface area contributed by atoms with Gasteiger partial charge in [0, 0.05) is 10.9 Å². The first-order valence-corrected chi connectivity index (χ1v) is 8.81. The fourth-order valence-electron chi connectivity index (χ4n) is 2.14. The van der Waals surface area contributed by atoms with Gasteiger partial charge in [0.1, 0.15) is 11.4 Å². The summed E-state index contributed by atoms with van der Waals surface area (Å²) in [6.45, 7) is 3.31. The number of rotatable bonds is 7. The number of hydrogen-bond acceptors (Lipinski definition) is 7. The highest BCUT2D eigenvalue weighted by Gasteiger charge is 2.19. The van der Waals surface area contributed by atoms with E-state index in [4.69, 9.17) is 15.7 Å². The van der Waals surface area contributed by atoms with Crippen LogP contribution in [-0.4, -0.2) is 34.0 Å². The number of esters is 1. The van der Waals surface area contributed by atoms with Gasteiger partial charge in [-0.2, -0.15) is 10.4 Å². The molecule has 0 radical (unpaired) electrons. The van der Waals surface area contributed by atoms with E-state index in [1.54, 1.807) is 18.2 Å². The minimum atomic E-state index is -0.711. The highest BCUT2D eigenvalue weighted by atomic mass is 32.2. The molecule has 0 unspecified atom stereocenters. The van der Waals surface area contributed by atoms with E-state index < -0.39 is 18.5 Å². The van der Waals surface area contributed by atoms with E-state index in [1.165, 1.54) is 22.6 Å². The smallest absolute Gasteiger partial charge is 0.344 e. The number of ether oxygens (including phenoxy) is 1. The lowest BCUT2D eigenvalue weighted by atomic mass is 10.3. The van der Waals surface area contributed by atoms with Crippen molar-refractivity contribution in [3.05, 3.63) is 36.0 Å². The number of para-hydroxylation sites is 1. The van der Waals surface area contributed by atoms with Gasteiger partial charge in [-0.3, -0.25) is 4.79 Å². The largest absolute Gasteiger partial charge is 0.452 e. The molecule has 1 amide bonds. The molecule has 0 atom stereocenters. The number of carbonyl (C=O) groups excluding carboxylic acids is 2. The molecule has 1 aromatic carbocycles. The second-order valence-electron chi connectivity index (χ2n) is 5.55. The van der Waals surface area contributed by atoms with E-state index in [0.29, 0.717) is 5.69 Å². The van der Waals surface area contributed by atoms with E-state index in [1.807, 2.05) is 26.0 Å². The Bertz CT molecular complexity index is 841. The number of nitrogens with one attached hydrogen (secondary N) is 1. The number of thioether (sulfide) groups is 1. The fraction of sp³-hybridized carbons (Fsp3) is 0.294. The Labute approximate surface area is 155 Å². The quantitative estimate of drug-likeness (QED) is 0.564. The van der Waals surface area contributed by atoms with Gasteiger partial charge in [-0.15, -0.1) is 11.8 Å². The maximum Gasteiger partial charge on any atom is 0.344 e. The first-order valence-electron chi connectivity index (χ1n) is 7.82. The van der Waals surface area contributed by atoms with Gasteiger partial charge in [0.25, 0.3) is 5.91 Å². The predicted molar refractivity (Wildman–Crippen MR) is 98.7 cm³/mol. The Hall–Kier alpha value is -2.99. The molecule has 136 valence electrons. The molecule has 0 fully saturated rings. The van der Waals surface area contributed by atoms with Crippen molar-refractivity contribution in [2.45, 2.75) is 24.8 Å². The molecule has 9 heteroatoms. The number of hydrogen-bond donors (Lipinski definition) is 2. The number of benzene rings is 1. The van der Waals surface area contributed by atoms with Crippen molar-refractivity contribution in [3.63, 3.8) is 0 Å². The zero-order valence-electron chi connectivity index (χ0n) is 14.4. The van der Waals surface area contributed by atoms with Crippen molar-refractivity contribution in [2.24, 2.45) is 0 Å². The third-order valence-corrected chi connectivity index (χ3v) is 4.27. The molecule has 0 spiro atoms. The number of nitrogens with two attached hydrogens (primary N) is 1. The highest BCUT2D eigenvalue weighted by molar-refractivity contribution is 7.99. The van der Waals surface area contributed by atoms with Crippen LogP contribution in [-0.2, 0) is 9.53 Å². The van der Waals surface area contributed by atoms with Crippen molar-refractivity contribution >= 4 is 35.1 Å². The minimum absolute atomic E-state index is 0.00209. The van der Waals surface area contributed by atoms with Crippen LogP contribution < -0.4 is 11.1 Å². The van der Waals surface area contributed by atoms with Crippen LogP contribution in [0.4, 0.5) is 11.5 Å². The van der Waals surface area contributed by atoms with Crippen LogP contribution >= 0.6 is 11.8 Å². The van der Waals surface area contributed by atoms with Gasteiger partial charge in [0.05, 0.1) is 23.7 Å². The maximum atomic E-state index is 12.1. The zero-order chi connectivity index (χ0) is 19.1. The Morgan fingerprint density at radius 1 is 1.42 bits per heavy atom. The summed E-state index contributed by atoms with van der Waals surface area (Å²) in [6.07, 6.45) is 1.32. The number of amides is 1. The topological polar surface area (TPSA) is 123 Å². The van der Waals surface area contributed by atoms with Gasteiger partial charge in [-0.05, 0) is 26.0 Å². The summed E-state index contributed by atoms with van der Waals surface area (Å²) in [5.74, 6) is -0.736. The maximum absolute atomic E-state index is 12.1. The molecule has 2 aromatic rings. The molecule has 0 aliphatic heterocycles. The summed E-state index contributed by atoms with van der Waals surface area (Å²) >= 11 is 1.31. The van der Waals surface area contributed by atoms with Crippen molar-refractivity contribution in [1.82, 2.24) is 9.78 Å². The van der Waals surface area contributed by atoms with Crippen LogP contribution in [0.25, 0.3) is 0 Å². The lowest BCUT2D eigenvalue weighted by molar-refractivity contribution is -0.119. The molecule has 0 saturated carbocycles. The van der Waals surface area contributed by atoms with E-state index in [2.05, 4.69) is 10.4 Å². The van der Waals surface area contributed by atoms with Gasteiger partial charge in [-0.25, -0.2) is 9.48 Å². The van der Waals surface area contributed by atoms with Gasteiger partial charge in [-0.1, -0.05) is 12.1 Å². The SMILES string of the molecule is CC(C)n1ncc(C(=O)OCC(=O)Nc2ccccc2SCC#N)c1N. The number of aromatic nitrogens is 2. The van der Waals surface area contributed by atoms with Gasteiger partial charge in [0.15, 0.2) is 6.61 Å². The highest BCUT2D eigenvalue weighted by Crippen LogP contribution is 2.26. The molecule has 1 heterocycles. The summed E-state index contributed by atoms with van der Waals surface area (Å²) in [4.78, 5) is 24.9. The van der Waals surface area contributed by atoms with Crippen molar-refractivity contribution in [3.8, 4) is 6.07 Å². The molecule has 0 bridgehead atoms. The molecule has 0 aliphatic rings. The van der Waals surface area contributed by atoms with Crippen molar-refractivity contribution in [2.75, 3.05) is 23.4 Å². The number of anilines is 2. The molecular weight excluding hydrogens is 354 g/mol. The Kier molecular flexibility index (Phi) is 6.63. The normalized spacial score (nSPS) is 10.4. The summed E-state index contributed by atoms with van der Waals surface area (Å²) < 4.78 is 6.51. The van der Waals surface area contributed by atoms with Crippen LogP contribution in [0.2, 0.25) is 0 Å². The molecule has 2 rings (SSSR count). The van der Waals surface area contributed by atoms with Gasteiger partial charge in [0.2, 0.25) is 0 Å². The zero-order valence-corrected chi connectivity index (χ0v) is 15.2. The first kappa shape index (κ1) is 19.3. The van der Waals surface area contributed by atoms with Crippen LogP contribution in [0.3, 0.4) is 0 Å².